The first-order valence-corrected chi connectivity index (χ1v) is 14.6. The van der Waals surface area contributed by atoms with Gasteiger partial charge < -0.3 is 16.0 Å². The maximum Gasteiger partial charge on any atom is 0.224 e. The summed E-state index contributed by atoms with van der Waals surface area (Å²) in [5, 5.41) is 9.02. The van der Waals surface area contributed by atoms with Crippen LogP contribution in [0, 0.1) is 17.8 Å². The number of hydrogen-bond acceptors (Lipinski definition) is 3. The van der Waals surface area contributed by atoms with Gasteiger partial charge in [0, 0.05) is 36.3 Å². The van der Waals surface area contributed by atoms with Crippen LogP contribution in [0.4, 0.5) is 17.1 Å². The highest BCUT2D eigenvalue weighted by molar-refractivity contribution is 5.97. The third-order valence-electron chi connectivity index (χ3n) is 8.55. The standard InChI is InChI=1S/C30H45N3O3/c34-28(16-13-22-7-1-2-8-22)31-25-19-26(32-29(35)17-14-23-9-3-4-10-23)21-27(20-25)33-30(36)18-15-24-11-5-6-12-24/h19-24H,1-18H2,(H,31,34)(H,32,35)(H,33,36). The lowest BCUT2D eigenvalue weighted by Crippen LogP contribution is -2.17. The number of anilines is 3. The molecule has 6 heteroatoms. The van der Waals surface area contributed by atoms with Crippen molar-refractivity contribution in [3.05, 3.63) is 18.2 Å². The Morgan fingerprint density at radius 2 is 0.750 bits per heavy atom. The first kappa shape index (κ1) is 26.7. The van der Waals surface area contributed by atoms with Crippen molar-refractivity contribution >= 4 is 34.8 Å². The molecule has 3 amide bonds. The molecule has 4 rings (SSSR count). The molecule has 1 aromatic carbocycles. The molecular formula is C30H45N3O3. The lowest BCUT2D eigenvalue weighted by molar-refractivity contribution is -0.117. The molecule has 36 heavy (non-hydrogen) atoms. The van der Waals surface area contributed by atoms with Gasteiger partial charge in [0.25, 0.3) is 0 Å². The van der Waals surface area contributed by atoms with Gasteiger partial charge in [0.15, 0.2) is 0 Å². The molecule has 3 fully saturated rings. The van der Waals surface area contributed by atoms with E-state index in [0.29, 0.717) is 54.1 Å². The lowest BCUT2D eigenvalue weighted by atomic mass is 10.0. The van der Waals surface area contributed by atoms with Gasteiger partial charge in [0.05, 0.1) is 0 Å². The number of benzene rings is 1. The molecule has 0 unspecified atom stereocenters. The predicted molar refractivity (Wildman–Crippen MR) is 146 cm³/mol. The van der Waals surface area contributed by atoms with E-state index < -0.39 is 0 Å². The fraction of sp³-hybridized carbons (Fsp3) is 0.700. The van der Waals surface area contributed by atoms with E-state index >= 15 is 0 Å². The van der Waals surface area contributed by atoms with E-state index in [-0.39, 0.29) is 17.7 Å². The lowest BCUT2D eigenvalue weighted by Gasteiger charge is -2.15. The summed E-state index contributed by atoms with van der Waals surface area (Å²) in [7, 11) is 0. The Hall–Kier alpha value is -2.37. The van der Waals surface area contributed by atoms with Crippen LogP contribution in [0.5, 0.6) is 0 Å². The molecule has 3 saturated carbocycles. The van der Waals surface area contributed by atoms with Crippen molar-refractivity contribution in [1.82, 2.24) is 0 Å². The molecule has 1 aromatic rings. The Balaban J connectivity index is 1.35. The first-order chi connectivity index (χ1) is 17.5. The van der Waals surface area contributed by atoms with Crippen LogP contribution in [0.3, 0.4) is 0 Å². The van der Waals surface area contributed by atoms with Crippen molar-refractivity contribution < 1.29 is 14.4 Å². The largest absolute Gasteiger partial charge is 0.326 e. The SMILES string of the molecule is O=C(CCC1CCCC1)Nc1cc(NC(=O)CCC2CCCC2)cc(NC(=O)CCC2CCCC2)c1. The van der Waals surface area contributed by atoms with Crippen LogP contribution >= 0.6 is 0 Å². The van der Waals surface area contributed by atoms with Crippen molar-refractivity contribution in [1.29, 1.82) is 0 Å². The van der Waals surface area contributed by atoms with Gasteiger partial charge in [-0.1, -0.05) is 77.0 Å². The third kappa shape index (κ3) is 8.94. The zero-order chi connectivity index (χ0) is 25.2. The van der Waals surface area contributed by atoms with Crippen molar-refractivity contribution in [2.75, 3.05) is 16.0 Å². The number of nitrogens with one attached hydrogen (secondary N) is 3. The Kier molecular flexibility index (Phi) is 10.2. The van der Waals surface area contributed by atoms with Crippen LogP contribution in [0.2, 0.25) is 0 Å². The summed E-state index contributed by atoms with van der Waals surface area (Å²) in [6.07, 6.45) is 19.3. The fourth-order valence-electron chi connectivity index (χ4n) is 6.42. The zero-order valence-corrected chi connectivity index (χ0v) is 21.9. The molecule has 3 aliphatic rings. The Morgan fingerprint density at radius 1 is 0.500 bits per heavy atom. The summed E-state index contributed by atoms with van der Waals surface area (Å²) in [6.45, 7) is 0. The molecule has 0 radical (unpaired) electrons. The van der Waals surface area contributed by atoms with Gasteiger partial charge in [-0.25, -0.2) is 0 Å². The summed E-state index contributed by atoms with van der Waals surface area (Å²) in [6, 6.07) is 5.40. The van der Waals surface area contributed by atoms with E-state index in [1.807, 2.05) is 0 Å². The van der Waals surface area contributed by atoms with Gasteiger partial charge in [0.2, 0.25) is 17.7 Å². The number of hydrogen-bond donors (Lipinski definition) is 3. The average molecular weight is 496 g/mol. The second-order valence-electron chi connectivity index (χ2n) is 11.5. The summed E-state index contributed by atoms with van der Waals surface area (Å²) in [5.74, 6) is 1.96. The third-order valence-corrected chi connectivity index (χ3v) is 8.55. The summed E-state index contributed by atoms with van der Waals surface area (Å²) >= 11 is 0. The highest BCUT2D eigenvalue weighted by atomic mass is 16.2. The highest BCUT2D eigenvalue weighted by Crippen LogP contribution is 2.31. The summed E-state index contributed by atoms with van der Waals surface area (Å²) < 4.78 is 0. The number of carbonyl (C=O) groups excluding carboxylic acids is 3. The van der Waals surface area contributed by atoms with Gasteiger partial charge in [-0.15, -0.1) is 0 Å². The number of amides is 3. The minimum absolute atomic E-state index is 0.00915. The fourth-order valence-corrected chi connectivity index (χ4v) is 6.42. The van der Waals surface area contributed by atoms with Crippen LogP contribution in [0.25, 0.3) is 0 Å². The maximum absolute atomic E-state index is 12.6. The molecule has 0 atom stereocenters. The topological polar surface area (TPSA) is 87.3 Å². The van der Waals surface area contributed by atoms with Crippen molar-refractivity contribution in [2.24, 2.45) is 17.8 Å². The molecule has 198 valence electrons. The summed E-state index contributed by atoms with van der Waals surface area (Å²) in [5.41, 5.74) is 1.85. The molecule has 0 spiro atoms. The van der Waals surface area contributed by atoms with E-state index in [2.05, 4.69) is 16.0 Å². The Morgan fingerprint density at radius 3 is 1.00 bits per heavy atom. The molecule has 0 bridgehead atoms. The number of rotatable bonds is 12. The second-order valence-corrected chi connectivity index (χ2v) is 11.5. The van der Waals surface area contributed by atoms with E-state index in [1.165, 1.54) is 77.0 Å². The van der Waals surface area contributed by atoms with E-state index in [4.69, 9.17) is 0 Å². The normalized spacial score (nSPS) is 19.0. The van der Waals surface area contributed by atoms with Gasteiger partial charge in [-0.2, -0.15) is 0 Å². The van der Waals surface area contributed by atoms with Crippen molar-refractivity contribution in [3.63, 3.8) is 0 Å². The highest BCUT2D eigenvalue weighted by Gasteiger charge is 2.19. The Labute approximate surface area is 216 Å². The summed E-state index contributed by atoms with van der Waals surface area (Å²) in [4.78, 5) is 37.9. The molecule has 3 N–H and O–H groups in total. The van der Waals surface area contributed by atoms with Crippen molar-refractivity contribution in [2.45, 2.75) is 116 Å². The van der Waals surface area contributed by atoms with Crippen LogP contribution in [0.1, 0.15) is 116 Å². The van der Waals surface area contributed by atoms with E-state index in [9.17, 15) is 14.4 Å². The van der Waals surface area contributed by atoms with E-state index in [1.54, 1.807) is 18.2 Å². The van der Waals surface area contributed by atoms with Crippen LogP contribution in [-0.4, -0.2) is 17.7 Å². The van der Waals surface area contributed by atoms with Gasteiger partial charge in [-0.05, 0) is 55.2 Å². The minimum atomic E-state index is -0.00915. The second kappa shape index (κ2) is 13.8. The maximum atomic E-state index is 12.6. The van der Waals surface area contributed by atoms with Crippen LogP contribution in [0.15, 0.2) is 18.2 Å². The number of carbonyl (C=O) groups is 3. The van der Waals surface area contributed by atoms with Gasteiger partial charge in [0.1, 0.15) is 0 Å². The predicted octanol–water partition coefficient (Wildman–Crippen LogP) is 7.41. The molecule has 6 nitrogen and oxygen atoms in total. The van der Waals surface area contributed by atoms with E-state index in [0.717, 1.165) is 19.3 Å². The monoisotopic (exact) mass is 495 g/mol. The average Bonchev–Trinajstić information content (AvgIpc) is 3.64. The molecule has 3 aliphatic carbocycles. The molecular weight excluding hydrogens is 450 g/mol. The zero-order valence-electron chi connectivity index (χ0n) is 21.9. The van der Waals surface area contributed by atoms with Gasteiger partial charge >= 0.3 is 0 Å². The molecule has 0 aromatic heterocycles. The van der Waals surface area contributed by atoms with Crippen LogP contribution < -0.4 is 16.0 Å². The molecule has 0 aliphatic heterocycles. The molecule has 0 heterocycles. The van der Waals surface area contributed by atoms with Crippen LogP contribution in [-0.2, 0) is 14.4 Å². The van der Waals surface area contributed by atoms with Gasteiger partial charge in [-0.3, -0.25) is 14.4 Å². The Bertz CT molecular complexity index is 755. The smallest absolute Gasteiger partial charge is 0.224 e. The minimum Gasteiger partial charge on any atom is -0.326 e. The quantitative estimate of drug-likeness (QED) is 0.282. The molecule has 0 saturated heterocycles. The first-order valence-electron chi connectivity index (χ1n) is 14.6. The van der Waals surface area contributed by atoms with Crippen molar-refractivity contribution in [3.8, 4) is 0 Å².